The average molecular weight is 323 g/mol. The molecule has 128 valence electrons. The van der Waals surface area contributed by atoms with Crippen molar-refractivity contribution in [3.63, 3.8) is 0 Å². The second-order valence-electron chi connectivity index (χ2n) is 7.48. The number of nitrogens with one attached hydrogen (secondary N) is 1. The molecule has 1 aliphatic carbocycles. The Hall–Kier alpha value is -1.92. The Morgan fingerprint density at radius 3 is 2.30 bits per heavy atom. The minimum Gasteiger partial charge on any atom is -0.350 e. The molecule has 7 heteroatoms. The van der Waals surface area contributed by atoms with Gasteiger partial charge in [-0.3, -0.25) is 19.3 Å². The van der Waals surface area contributed by atoms with Crippen molar-refractivity contribution >= 4 is 23.8 Å². The zero-order chi connectivity index (χ0) is 17.4. The van der Waals surface area contributed by atoms with Crippen LogP contribution in [0.1, 0.15) is 53.4 Å². The van der Waals surface area contributed by atoms with Gasteiger partial charge in [-0.05, 0) is 39.5 Å². The topological polar surface area (TPSA) is 86.8 Å². The number of carbonyl (C=O) groups excluding carboxylic acids is 4. The smallest absolute Gasteiger partial charge is 0.334 e. The van der Waals surface area contributed by atoms with Gasteiger partial charge in [-0.15, -0.1) is 0 Å². The van der Waals surface area contributed by atoms with Crippen LogP contribution >= 0.6 is 0 Å². The summed E-state index contributed by atoms with van der Waals surface area (Å²) in [5, 5.41) is 2.69. The first-order valence-electron chi connectivity index (χ1n) is 8.12. The van der Waals surface area contributed by atoms with Gasteiger partial charge < -0.3 is 5.32 Å². The summed E-state index contributed by atoms with van der Waals surface area (Å²) in [5.41, 5.74) is -0.468. The van der Waals surface area contributed by atoms with E-state index in [-0.39, 0.29) is 12.0 Å². The summed E-state index contributed by atoms with van der Waals surface area (Å²) in [6.45, 7) is 6.99. The van der Waals surface area contributed by atoms with Crippen molar-refractivity contribution in [1.29, 1.82) is 0 Å². The maximum atomic E-state index is 12.5. The fourth-order valence-corrected chi connectivity index (χ4v) is 3.24. The molecule has 2 rings (SSSR count). The highest BCUT2D eigenvalue weighted by molar-refractivity contribution is 6.45. The number of hydrogen-bond acceptors (Lipinski definition) is 4. The Morgan fingerprint density at radius 2 is 1.74 bits per heavy atom. The summed E-state index contributed by atoms with van der Waals surface area (Å²) < 4.78 is 0. The van der Waals surface area contributed by atoms with Gasteiger partial charge >= 0.3 is 17.8 Å². The molecule has 0 aromatic heterocycles. The van der Waals surface area contributed by atoms with E-state index in [0.717, 1.165) is 29.1 Å². The summed E-state index contributed by atoms with van der Waals surface area (Å²) in [4.78, 5) is 50.6. The van der Waals surface area contributed by atoms with E-state index in [2.05, 4.69) is 5.32 Å². The fourth-order valence-electron chi connectivity index (χ4n) is 3.24. The summed E-state index contributed by atoms with van der Waals surface area (Å²) in [6, 6.07) is -0.911. The quantitative estimate of drug-likeness (QED) is 0.626. The molecule has 1 saturated heterocycles. The molecule has 1 aliphatic heterocycles. The minimum atomic E-state index is -0.906. The van der Waals surface area contributed by atoms with E-state index >= 15 is 0 Å². The first-order chi connectivity index (χ1) is 10.6. The highest BCUT2D eigenvalue weighted by Gasteiger charge is 2.49. The van der Waals surface area contributed by atoms with Crippen molar-refractivity contribution in [3.05, 3.63) is 0 Å². The molecule has 7 nitrogen and oxygen atoms in total. The molecule has 2 atom stereocenters. The van der Waals surface area contributed by atoms with Crippen molar-refractivity contribution in [2.75, 3.05) is 6.54 Å². The predicted octanol–water partition coefficient (Wildman–Crippen LogP) is 1.27. The first-order valence-corrected chi connectivity index (χ1v) is 8.12. The van der Waals surface area contributed by atoms with Gasteiger partial charge in [0.15, 0.2) is 0 Å². The maximum Gasteiger partial charge on any atom is 0.334 e. The molecule has 1 heterocycles. The van der Waals surface area contributed by atoms with Crippen molar-refractivity contribution in [2.24, 2.45) is 5.92 Å². The van der Waals surface area contributed by atoms with Gasteiger partial charge in [0, 0.05) is 11.6 Å². The lowest BCUT2D eigenvalue weighted by atomic mass is 9.85. The molecule has 23 heavy (non-hydrogen) atoms. The molecule has 0 unspecified atom stereocenters. The third kappa shape index (κ3) is 3.71. The van der Waals surface area contributed by atoms with Crippen LogP contribution in [-0.2, 0) is 14.4 Å². The van der Waals surface area contributed by atoms with Crippen LogP contribution in [-0.4, -0.2) is 51.7 Å². The number of hydrogen-bond donors (Lipinski definition) is 1. The number of rotatable bonds is 3. The number of urea groups is 1. The van der Waals surface area contributed by atoms with E-state index in [1.165, 1.54) is 0 Å². The van der Waals surface area contributed by atoms with Crippen molar-refractivity contribution in [2.45, 2.75) is 65.0 Å². The van der Waals surface area contributed by atoms with E-state index in [0.29, 0.717) is 6.42 Å². The van der Waals surface area contributed by atoms with Crippen LogP contribution in [0.4, 0.5) is 4.79 Å². The Morgan fingerprint density at radius 1 is 1.13 bits per heavy atom. The number of imide groups is 2. The van der Waals surface area contributed by atoms with Crippen molar-refractivity contribution < 1.29 is 19.2 Å². The van der Waals surface area contributed by atoms with Gasteiger partial charge in [0.05, 0.1) is 0 Å². The normalized spacial score (nSPS) is 26.0. The van der Waals surface area contributed by atoms with Gasteiger partial charge in [-0.1, -0.05) is 19.8 Å². The monoisotopic (exact) mass is 323 g/mol. The van der Waals surface area contributed by atoms with Gasteiger partial charge in [-0.2, -0.15) is 0 Å². The lowest BCUT2D eigenvalue weighted by Gasteiger charge is -2.34. The number of amides is 5. The number of carbonyl (C=O) groups is 4. The summed E-state index contributed by atoms with van der Waals surface area (Å²) >= 11 is 0. The highest BCUT2D eigenvalue weighted by atomic mass is 16.2. The summed E-state index contributed by atoms with van der Waals surface area (Å²) in [5.74, 6) is -1.99. The van der Waals surface area contributed by atoms with E-state index in [9.17, 15) is 19.2 Å². The first kappa shape index (κ1) is 17.4. The van der Waals surface area contributed by atoms with Crippen LogP contribution in [0.2, 0.25) is 0 Å². The largest absolute Gasteiger partial charge is 0.350 e. The zero-order valence-corrected chi connectivity index (χ0v) is 14.2. The summed E-state index contributed by atoms with van der Waals surface area (Å²) in [7, 11) is 0. The van der Waals surface area contributed by atoms with Crippen LogP contribution in [0.15, 0.2) is 0 Å². The van der Waals surface area contributed by atoms with Crippen LogP contribution < -0.4 is 5.32 Å². The maximum absolute atomic E-state index is 12.5. The Labute approximate surface area is 136 Å². The van der Waals surface area contributed by atoms with Gasteiger partial charge in [0.25, 0.3) is 0 Å². The Kier molecular flexibility index (Phi) is 4.77. The molecular formula is C16H25N3O4. The molecule has 0 radical (unpaired) electrons. The van der Waals surface area contributed by atoms with E-state index in [4.69, 9.17) is 0 Å². The van der Waals surface area contributed by atoms with Crippen LogP contribution in [0.3, 0.4) is 0 Å². The molecule has 0 spiro atoms. The minimum absolute atomic E-state index is 0.174. The van der Waals surface area contributed by atoms with E-state index in [1.807, 2.05) is 6.92 Å². The molecule has 2 fully saturated rings. The highest BCUT2D eigenvalue weighted by Crippen LogP contribution is 2.31. The van der Waals surface area contributed by atoms with Crippen LogP contribution in [0.25, 0.3) is 0 Å². The lowest BCUT2D eigenvalue weighted by molar-refractivity contribution is -0.145. The van der Waals surface area contributed by atoms with E-state index < -0.39 is 35.8 Å². The van der Waals surface area contributed by atoms with Crippen LogP contribution in [0.5, 0.6) is 0 Å². The second kappa shape index (κ2) is 6.29. The molecular weight excluding hydrogens is 298 g/mol. The molecule has 1 N–H and O–H groups in total. The Bertz CT molecular complexity index is 538. The average Bonchev–Trinajstić information content (AvgIpc) is 2.62. The third-order valence-corrected chi connectivity index (χ3v) is 4.30. The molecule has 0 aromatic carbocycles. The van der Waals surface area contributed by atoms with Crippen molar-refractivity contribution in [1.82, 2.24) is 15.1 Å². The second-order valence-corrected chi connectivity index (χ2v) is 7.48. The van der Waals surface area contributed by atoms with E-state index in [1.54, 1.807) is 20.8 Å². The van der Waals surface area contributed by atoms with Gasteiger partial charge in [-0.25, -0.2) is 9.69 Å². The van der Waals surface area contributed by atoms with Crippen molar-refractivity contribution in [3.8, 4) is 0 Å². The zero-order valence-electron chi connectivity index (χ0n) is 14.2. The SMILES string of the molecule is C[C@@H]1CCCC[C@H]1N1C(=O)C(=O)N(CC(=O)NC(C)(C)C)C1=O. The molecule has 0 aromatic rings. The predicted molar refractivity (Wildman–Crippen MR) is 83.3 cm³/mol. The molecule has 5 amide bonds. The molecule has 2 aliphatic rings. The number of nitrogens with zero attached hydrogens (tertiary/aromatic N) is 2. The molecule has 1 saturated carbocycles. The fraction of sp³-hybridized carbons (Fsp3) is 0.750. The molecule has 0 bridgehead atoms. The summed E-state index contributed by atoms with van der Waals surface area (Å²) in [6.07, 6.45) is 3.65. The standard InChI is InChI=1S/C16H25N3O4/c1-10-7-5-6-8-11(10)19-14(22)13(21)18(15(19)23)9-12(20)17-16(2,3)4/h10-11H,5-9H2,1-4H3,(H,17,20)/t10-,11-/m1/s1. The van der Waals surface area contributed by atoms with Crippen LogP contribution in [0, 0.1) is 5.92 Å². The van der Waals surface area contributed by atoms with Gasteiger partial charge in [0.1, 0.15) is 6.54 Å². The van der Waals surface area contributed by atoms with Gasteiger partial charge in [0.2, 0.25) is 5.91 Å². The third-order valence-electron chi connectivity index (χ3n) is 4.30. The Balaban J connectivity index is 2.11. The lowest BCUT2D eigenvalue weighted by Crippen LogP contribution is -2.49.